The molecule has 1 aliphatic heterocycles. The molecule has 3 aliphatic rings. The molecule has 3 rings (SSSR count). The predicted molar refractivity (Wildman–Crippen MR) is 90.5 cm³/mol. The molecular formula is C19H36N2. The molecule has 0 aromatic carbocycles. The van der Waals surface area contributed by atoms with Crippen molar-refractivity contribution in [2.24, 2.45) is 17.3 Å². The third kappa shape index (κ3) is 3.47. The summed E-state index contributed by atoms with van der Waals surface area (Å²) in [5.41, 5.74) is 0.669. The molecule has 1 heterocycles. The molecule has 2 saturated carbocycles. The Morgan fingerprint density at radius 2 is 1.86 bits per heavy atom. The van der Waals surface area contributed by atoms with Gasteiger partial charge in [0.25, 0.3) is 0 Å². The van der Waals surface area contributed by atoms with Gasteiger partial charge in [-0.15, -0.1) is 0 Å². The second kappa shape index (κ2) is 6.58. The zero-order valence-corrected chi connectivity index (χ0v) is 14.5. The number of piperazine rings is 1. The number of hydrogen-bond acceptors (Lipinski definition) is 2. The maximum absolute atomic E-state index is 3.91. The van der Waals surface area contributed by atoms with E-state index in [0.717, 1.165) is 23.9 Å². The highest BCUT2D eigenvalue weighted by molar-refractivity contribution is 5.01. The summed E-state index contributed by atoms with van der Waals surface area (Å²) in [4.78, 5) is 2.88. The van der Waals surface area contributed by atoms with Crippen LogP contribution in [0.15, 0.2) is 0 Å². The van der Waals surface area contributed by atoms with Gasteiger partial charge in [-0.1, -0.05) is 40.0 Å². The molecule has 0 bridgehead atoms. The van der Waals surface area contributed by atoms with Crippen LogP contribution in [0.4, 0.5) is 0 Å². The molecule has 0 spiro atoms. The fourth-order valence-electron chi connectivity index (χ4n) is 4.81. The maximum atomic E-state index is 3.91. The average Bonchev–Trinajstić information content (AvgIpc) is 3.29. The van der Waals surface area contributed by atoms with E-state index in [0.29, 0.717) is 5.41 Å². The first-order valence-electron chi connectivity index (χ1n) is 9.62. The molecule has 2 heteroatoms. The van der Waals surface area contributed by atoms with Crippen molar-refractivity contribution in [3.63, 3.8) is 0 Å². The first-order chi connectivity index (χ1) is 10.1. The normalized spacial score (nSPS) is 34.3. The van der Waals surface area contributed by atoms with E-state index in [-0.39, 0.29) is 0 Å². The number of nitrogens with zero attached hydrogens (tertiary/aromatic N) is 1. The Bertz CT molecular complexity index is 328. The van der Waals surface area contributed by atoms with Crippen LogP contribution in [0.5, 0.6) is 0 Å². The van der Waals surface area contributed by atoms with Crippen molar-refractivity contribution in [2.75, 3.05) is 19.6 Å². The van der Waals surface area contributed by atoms with E-state index in [9.17, 15) is 0 Å². The van der Waals surface area contributed by atoms with Crippen molar-refractivity contribution in [3.05, 3.63) is 0 Å². The van der Waals surface area contributed by atoms with Gasteiger partial charge in [-0.3, -0.25) is 4.90 Å². The van der Waals surface area contributed by atoms with Gasteiger partial charge in [0, 0.05) is 31.7 Å². The van der Waals surface area contributed by atoms with E-state index in [1.165, 1.54) is 71.0 Å². The summed E-state index contributed by atoms with van der Waals surface area (Å²) in [6, 6.07) is 1.55. The molecule has 0 aromatic rings. The van der Waals surface area contributed by atoms with E-state index in [4.69, 9.17) is 0 Å². The Morgan fingerprint density at radius 1 is 1.14 bits per heavy atom. The molecule has 0 amide bonds. The second-order valence-electron chi connectivity index (χ2n) is 8.42. The highest BCUT2D eigenvalue weighted by Gasteiger charge is 2.48. The Morgan fingerprint density at radius 3 is 2.43 bits per heavy atom. The first-order valence-corrected chi connectivity index (χ1v) is 9.62. The van der Waals surface area contributed by atoms with Crippen molar-refractivity contribution in [1.29, 1.82) is 0 Å². The molecule has 0 aromatic heterocycles. The van der Waals surface area contributed by atoms with Crippen LogP contribution in [0.3, 0.4) is 0 Å². The Hall–Kier alpha value is -0.0800. The predicted octanol–water partition coefficient (Wildman–Crippen LogP) is 4.06. The van der Waals surface area contributed by atoms with Crippen LogP contribution in [0.25, 0.3) is 0 Å². The van der Waals surface area contributed by atoms with Gasteiger partial charge < -0.3 is 5.32 Å². The summed E-state index contributed by atoms with van der Waals surface area (Å²) in [6.45, 7) is 11.2. The second-order valence-corrected chi connectivity index (χ2v) is 8.42. The molecule has 122 valence electrons. The van der Waals surface area contributed by atoms with Gasteiger partial charge in [0.1, 0.15) is 0 Å². The van der Waals surface area contributed by atoms with Crippen LogP contribution < -0.4 is 5.32 Å². The summed E-state index contributed by atoms with van der Waals surface area (Å²) in [5, 5.41) is 3.91. The number of hydrogen-bond donors (Lipinski definition) is 1. The zero-order valence-electron chi connectivity index (χ0n) is 14.5. The van der Waals surface area contributed by atoms with Gasteiger partial charge in [0.2, 0.25) is 0 Å². The number of nitrogens with one attached hydrogen (secondary N) is 1. The van der Waals surface area contributed by atoms with Gasteiger partial charge in [-0.05, 0) is 49.4 Å². The molecule has 0 radical (unpaired) electrons. The van der Waals surface area contributed by atoms with Crippen molar-refractivity contribution in [3.8, 4) is 0 Å². The molecule has 1 N–H and O–H groups in total. The van der Waals surface area contributed by atoms with Crippen molar-refractivity contribution in [1.82, 2.24) is 10.2 Å². The maximum Gasteiger partial charge on any atom is 0.0224 e. The van der Waals surface area contributed by atoms with Crippen LogP contribution in [-0.4, -0.2) is 36.6 Å². The third-order valence-corrected chi connectivity index (χ3v) is 6.89. The lowest BCUT2D eigenvalue weighted by atomic mass is 9.82. The van der Waals surface area contributed by atoms with Crippen LogP contribution in [-0.2, 0) is 0 Å². The van der Waals surface area contributed by atoms with E-state index < -0.39 is 0 Å². The molecule has 2 atom stereocenters. The quantitative estimate of drug-likeness (QED) is 0.822. The highest BCUT2D eigenvalue weighted by atomic mass is 15.2. The van der Waals surface area contributed by atoms with Crippen molar-refractivity contribution >= 4 is 0 Å². The minimum Gasteiger partial charge on any atom is -0.311 e. The lowest BCUT2D eigenvalue weighted by Gasteiger charge is -2.45. The summed E-state index contributed by atoms with van der Waals surface area (Å²) >= 11 is 0. The molecule has 2 nitrogen and oxygen atoms in total. The summed E-state index contributed by atoms with van der Waals surface area (Å²) in [6.07, 6.45) is 11.6. The van der Waals surface area contributed by atoms with Crippen LogP contribution in [0, 0.1) is 17.3 Å². The van der Waals surface area contributed by atoms with Crippen LogP contribution in [0.2, 0.25) is 0 Å². The molecule has 21 heavy (non-hydrogen) atoms. The molecule has 2 unspecified atom stereocenters. The molecule has 1 saturated heterocycles. The van der Waals surface area contributed by atoms with E-state index in [2.05, 4.69) is 31.0 Å². The topological polar surface area (TPSA) is 15.3 Å². The molecule has 2 aliphatic carbocycles. The van der Waals surface area contributed by atoms with Gasteiger partial charge in [0.15, 0.2) is 0 Å². The van der Waals surface area contributed by atoms with Crippen molar-refractivity contribution in [2.45, 2.75) is 84.2 Å². The molecular weight excluding hydrogens is 256 g/mol. The average molecular weight is 293 g/mol. The van der Waals surface area contributed by atoms with Gasteiger partial charge in [-0.25, -0.2) is 0 Å². The largest absolute Gasteiger partial charge is 0.311 e. The molecule has 3 fully saturated rings. The standard InChI is InChI=1S/C19H36N2/c1-4-17-12-20-18(16-8-6-5-7-9-16)13-21(17)14-19(10-11-19)15(2)3/h15-18,20H,4-14H2,1-3H3. The monoisotopic (exact) mass is 292 g/mol. The lowest BCUT2D eigenvalue weighted by Crippen LogP contribution is -2.59. The fraction of sp³-hybridized carbons (Fsp3) is 1.00. The van der Waals surface area contributed by atoms with E-state index >= 15 is 0 Å². The van der Waals surface area contributed by atoms with Crippen molar-refractivity contribution < 1.29 is 0 Å². The van der Waals surface area contributed by atoms with Crippen LogP contribution >= 0.6 is 0 Å². The summed E-state index contributed by atoms with van der Waals surface area (Å²) < 4.78 is 0. The first kappa shape index (κ1) is 15.8. The highest BCUT2D eigenvalue weighted by Crippen LogP contribution is 2.52. The van der Waals surface area contributed by atoms with E-state index in [1.807, 2.05) is 0 Å². The minimum absolute atomic E-state index is 0.669. The van der Waals surface area contributed by atoms with Gasteiger partial charge >= 0.3 is 0 Å². The summed E-state index contributed by atoms with van der Waals surface area (Å²) in [5.74, 6) is 1.81. The smallest absolute Gasteiger partial charge is 0.0224 e. The Labute approximate surface area is 132 Å². The minimum atomic E-state index is 0.669. The van der Waals surface area contributed by atoms with Gasteiger partial charge in [-0.2, -0.15) is 0 Å². The SMILES string of the molecule is CCC1CNC(C2CCCCC2)CN1CC1(C(C)C)CC1. The number of rotatable bonds is 5. The zero-order chi connectivity index (χ0) is 14.9. The summed E-state index contributed by atoms with van der Waals surface area (Å²) in [7, 11) is 0. The van der Waals surface area contributed by atoms with Gasteiger partial charge in [0.05, 0.1) is 0 Å². The fourth-order valence-corrected chi connectivity index (χ4v) is 4.81. The van der Waals surface area contributed by atoms with Crippen LogP contribution in [0.1, 0.15) is 72.1 Å². The lowest BCUT2D eigenvalue weighted by molar-refractivity contribution is 0.0652. The Balaban J connectivity index is 1.61. The third-order valence-electron chi connectivity index (χ3n) is 6.89. The Kier molecular flexibility index (Phi) is 4.95. The van der Waals surface area contributed by atoms with E-state index in [1.54, 1.807) is 0 Å².